The smallest absolute Gasteiger partial charge is 0.305 e. The largest absolute Gasteiger partial charge is 0.469 e. The second-order valence-corrected chi connectivity index (χ2v) is 8.41. The Morgan fingerprint density at radius 2 is 2.06 bits per heavy atom. The second-order valence-electron chi connectivity index (χ2n) is 8.41. The fourth-order valence-electron chi connectivity index (χ4n) is 3.62. The summed E-state index contributed by atoms with van der Waals surface area (Å²) in [6.45, 7) is 3.56. The lowest BCUT2D eigenvalue weighted by atomic mass is 10.0. The maximum atomic E-state index is 13.7. The molecule has 1 aliphatic rings. The van der Waals surface area contributed by atoms with Crippen LogP contribution in [0.2, 0.25) is 0 Å². The first-order valence-electron chi connectivity index (χ1n) is 11.1. The number of aromatic amines is 1. The number of pyridine rings is 1. The van der Waals surface area contributed by atoms with Gasteiger partial charge in [-0.3, -0.25) is 24.1 Å². The minimum Gasteiger partial charge on any atom is -0.469 e. The van der Waals surface area contributed by atoms with Crippen LogP contribution in [-0.2, 0) is 36.9 Å². The summed E-state index contributed by atoms with van der Waals surface area (Å²) in [7, 11) is 1.23. The lowest BCUT2D eigenvalue weighted by molar-refractivity contribution is -0.141. The Bertz CT molecular complexity index is 1070. The number of carbonyl (C=O) groups is 4. The van der Waals surface area contributed by atoms with Gasteiger partial charge in [0.2, 0.25) is 11.8 Å². The topological polar surface area (TPSA) is 198 Å². The van der Waals surface area contributed by atoms with E-state index < -0.39 is 41.8 Å². The SMILES string of the molecule is COC(=O)CC[C@H](NC(=O)[C@@H](N)C(C)C)C(=O)N1c2ncccc2C[C@H]1C(=O)NCc1nn[nH]n1.Cl. The summed E-state index contributed by atoms with van der Waals surface area (Å²) in [5.74, 6) is -1.72. The van der Waals surface area contributed by atoms with Crippen LogP contribution in [0.4, 0.5) is 5.82 Å². The maximum Gasteiger partial charge on any atom is 0.305 e. The number of nitrogens with two attached hydrogens (primary N) is 1. The van der Waals surface area contributed by atoms with Crippen LogP contribution in [0.3, 0.4) is 0 Å². The van der Waals surface area contributed by atoms with Crippen molar-refractivity contribution in [3.05, 3.63) is 29.7 Å². The average Bonchev–Trinajstić information content (AvgIpc) is 3.51. The molecule has 3 atom stereocenters. The van der Waals surface area contributed by atoms with Crippen LogP contribution in [0, 0.1) is 5.92 Å². The lowest BCUT2D eigenvalue weighted by Gasteiger charge is -2.29. The number of nitrogens with zero attached hydrogens (tertiary/aromatic N) is 5. The van der Waals surface area contributed by atoms with Crippen LogP contribution in [0.5, 0.6) is 0 Å². The normalized spacial score (nSPS) is 15.9. The quantitative estimate of drug-likeness (QED) is 0.280. The molecule has 5 N–H and O–H groups in total. The van der Waals surface area contributed by atoms with Crippen LogP contribution in [0.1, 0.15) is 38.1 Å². The number of halogens is 1. The standard InChI is InChI=1S/C21H29N9O5.ClH/c1-11(2)17(22)20(33)25-13(6-7-16(31)35-3)21(34)30-14(9-12-5-4-8-23-18(12)30)19(32)24-10-15-26-28-29-27-15;/h4-5,8,11,13-14,17H,6-7,9-10,22H2,1-3H3,(H,24,32)(H,25,33)(H,26,27,28,29);1H/t13-,14-,17-;/m0./s1. The van der Waals surface area contributed by atoms with Gasteiger partial charge in [0.15, 0.2) is 5.82 Å². The molecule has 0 saturated carbocycles. The molecule has 0 radical (unpaired) electrons. The molecule has 14 nitrogen and oxygen atoms in total. The van der Waals surface area contributed by atoms with Gasteiger partial charge in [-0.15, -0.1) is 22.6 Å². The Morgan fingerprint density at radius 3 is 2.69 bits per heavy atom. The molecule has 0 spiro atoms. The van der Waals surface area contributed by atoms with Gasteiger partial charge < -0.3 is 21.1 Å². The van der Waals surface area contributed by atoms with Crippen molar-refractivity contribution in [1.82, 2.24) is 36.2 Å². The van der Waals surface area contributed by atoms with Crippen LogP contribution in [-0.4, -0.2) is 74.5 Å². The predicted octanol–water partition coefficient (Wildman–Crippen LogP) is -0.988. The van der Waals surface area contributed by atoms with E-state index in [0.717, 1.165) is 0 Å². The van der Waals surface area contributed by atoms with Gasteiger partial charge in [0, 0.05) is 19.0 Å². The highest BCUT2D eigenvalue weighted by Crippen LogP contribution is 2.31. The zero-order valence-electron chi connectivity index (χ0n) is 20.1. The molecule has 196 valence electrons. The molecule has 15 heteroatoms. The van der Waals surface area contributed by atoms with E-state index in [4.69, 9.17) is 5.73 Å². The van der Waals surface area contributed by atoms with E-state index in [-0.39, 0.29) is 50.0 Å². The molecular formula is C21H30ClN9O5. The van der Waals surface area contributed by atoms with E-state index >= 15 is 0 Å². The number of methoxy groups -OCH3 is 1. The predicted molar refractivity (Wildman–Crippen MR) is 128 cm³/mol. The first-order valence-corrected chi connectivity index (χ1v) is 11.1. The van der Waals surface area contributed by atoms with Gasteiger partial charge in [0.1, 0.15) is 17.9 Å². The van der Waals surface area contributed by atoms with E-state index in [1.807, 2.05) is 0 Å². The van der Waals surface area contributed by atoms with Crippen molar-refractivity contribution in [2.45, 2.75) is 57.8 Å². The van der Waals surface area contributed by atoms with E-state index in [1.165, 1.54) is 18.2 Å². The van der Waals surface area contributed by atoms with Gasteiger partial charge in [0.25, 0.3) is 5.91 Å². The molecule has 0 unspecified atom stereocenters. The number of hydrogen-bond donors (Lipinski definition) is 4. The molecule has 36 heavy (non-hydrogen) atoms. The molecule has 3 rings (SSSR count). The van der Waals surface area contributed by atoms with Crippen molar-refractivity contribution in [3.8, 4) is 0 Å². The number of nitrogens with one attached hydrogen (secondary N) is 3. The molecule has 0 saturated heterocycles. The summed E-state index contributed by atoms with van der Waals surface area (Å²) >= 11 is 0. The second kappa shape index (κ2) is 12.9. The molecule has 0 fully saturated rings. The zero-order valence-corrected chi connectivity index (χ0v) is 20.9. The van der Waals surface area contributed by atoms with Gasteiger partial charge in [-0.1, -0.05) is 25.1 Å². The van der Waals surface area contributed by atoms with Crippen molar-refractivity contribution in [1.29, 1.82) is 0 Å². The lowest BCUT2D eigenvalue weighted by Crippen LogP contribution is -2.57. The highest BCUT2D eigenvalue weighted by atomic mass is 35.5. The van der Waals surface area contributed by atoms with Gasteiger partial charge in [0.05, 0.1) is 19.7 Å². The summed E-state index contributed by atoms with van der Waals surface area (Å²) in [5.41, 5.74) is 6.65. The molecule has 0 bridgehead atoms. The van der Waals surface area contributed by atoms with E-state index in [1.54, 1.807) is 26.0 Å². The van der Waals surface area contributed by atoms with Crippen molar-refractivity contribution in [3.63, 3.8) is 0 Å². The summed E-state index contributed by atoms with van der Waals surface area (Å²) in [5, 5.41) is 18.7. The minimum atomic E-state index is -1.13. The molecule has 0 aliphatic carbocycles. The number of tetrazole rings is 1. The number of fused-ring (bicyclic) bond motifs is 1. The Balaban J connectivity index is 0.00000456. The molecule has 3 amide bonds. The van der Waals surface area contributed by atoms with E-state index in [9.17, 15) is 19.2 Å². The fourth-order valence-corrected chi connectivity index (χ4v) is 3.62. The summed E-state index contributed by atoms with van der Waals surface area (Å²) in [4.78, 5) is 56.8. The summed E-state index contributed by atoms with van der Waals surface area (Å²) in [6, 6.07) is 0.550. The van der Waals surface area contributed by atoms with Crippen molar-refractivity contribution >= 4 is 41.9 Å². The monoisotopic (exact) mass is 523 g/mol. The molecule has 2 aromatic rings. The van der Waals surface area contributed by atoms with Crippen LogP contribution >= 0.6 is 12.4 Å². The highest BCUT2D eigenvalue weighted by molar-refractivity contribution is 6.06. The van der Waals surface area contributed by atoms with E-state index in [2.05, 4.69) is 41.0 Å². The molecular weight excluding hydrogens is 494 g/mol. The maximum absolute atomic E-state index is 13.7. The van der Waals surface area contributed by atoms with Crippen LogP contribution in [0.25, 0.3) is 0 Å². The van der Waals surface area contributed by atoms with Crippen molar-refractivity contribution in [2.75, 3.05) is 12.0 Å². The molecule has 2 aromatic heterocycles. The van der Waals surface area contributed by atoms with E-state index in [0.29, 0.717) is 11.4 Å². The number of carbonyl (C=O) groups excluding carboxylic acids is 4. The van der Waals surface area contributed by atoms with Gasteiger partial charge >= 0.3 is 5.97 Å². The van der Waals surface area contributed by atoms with Crippen LogP contribution in [0.15, 0.2) is 18.3 Å². The average molecular weight is 524 g/mol. The Morgan fingerprint density at radius 1 is 1.31 bits per heavy atom. The summed E-state index contributed by atoms with van der Waals surface area (Å²) in [6.07, 6.45) is 1.56. The Labute approximate surface area is 213 Å². The number of aromatic nitrogens is 5. The molecule has 3 heterocycles. The third-order valence-electron chi connectivity index (χ3n) is 5.67. The number of amides is 3. The Kier molecular flexibility index (Phi) is 10.2. The number of hydrogen-bond acceptors (Lipinski definition) is 10. The number of anilines is 1. The van der Waals surface area contributed by atoms with Crippen LogP contribution < -0.4 is 21.3 Å². The first-order chi connectivity index (χ1) is 16.7. The highest BCUT2D eigenvalue weighted by Gasteiger charge is 2.42. The third-order valence-corrected chi connectivity index (χ3v) is 5.67. The van der Waals surface area contributed by atoms with Crippen molar-refractivity contribution in [2.24, 2.45) is 11.7 Å². The number of esters is 1. The molecule has 0 aromatic carbocycles. The summed E-state index contributed by atoms with van der Waals surface area (Å²) < 4.78 is 4.68. The first kappa shape index (κ1) is 28.6. The molecule has 1 aliphatic heterocycles. The number of H-pyrrole nitrogens is 1. The number of ether oxygens (including phenoxy) is 1. The van der Waals surface area contributed by atoms with Crippen molar-refractivity contribution < 1.29 is 23.9 Å². The number of rotatable bonds is 10. The zero-order chi connectivity index (χ0) is 25.5. The van der Waals surface area contributed by atoms with Gasteiger partial charge in [-0.25, -0.2) is 4.98 Å². The minimum absolute atomic E-state index is 0. The Hall–Kier alpha value is -3.65. The third kappa shape index (κ3) is 6.73. The van der Waals surface area contributed by atoms with Gasteiger partial charge in [-0.2, -0.15) is 5.21 Å². The van der Waals surface area contributed by atoms with Gasteiger partial charge in [-0.05, 0) is 24.0 Å². The fraction of sp³-hybridized carbons (Fsp3) is 0.524.